The van der Waals surface area contributed by atoms with Gasteiger partial charge in [0.2, 0.25) is 0 Å². The first-order valence-corrected chi connectivity index (χ1v) is 8.94. The summed E-state index contributed by atoms with van der Waals surface area (Å²) in [7, 11) is 1.76. The minimum atomic E-state index is -0.678. The molecule has 29 heavy (non-hydrogen) atoms. The fourth-order valence-corrected chi connectivity index (χ4v) is 2.75. The van der Waals surface area contributed by atoms with E-state index in [2.05, 4.69) is 20.7 Å². The number of benzene rings is 1. The molecule has 3 rings (SSSR count). The van der Waals surface area contributed by atoms with E-state index in [1.165, 1.54) is 18.3 Å². The average Bonchev–Trinajstić information content (AvgIpc) is 2.90. The van der Waals surface area contributed by atoms with Crippen molar-refractivity contribution >= 4 is 34.4 Å². The van der Waals surface area contributed by atoms with Gasteiger partial charge in [-0.15, -0.1) is 0 Å². The lowest BCUT2D eigenvalue weighted by Crippen LogP contribution is -2.27. The average molecular weight is 399 g/mol. The molecule has 152 valence electrons. The largest absolute Gasteiger partial charge is 0.444 e. The lowest BCUT2D eigenvalue weighted by Gasteiger charge is -2.19. The zero-order valence-electron chi connectivity index (χ0n) is 16.8. The molecule has 3 aromatic rings. The van der Waals surface area contributed by atoms with Gasteiger partial charge >= 0.3 is 6.09 Å². The molecule has 0 fully saturated rings. The van der Waals surface area contributed by atoms with Crippen molar-refractivity contribution in [2.24, 2.45) is 7.05 Å². The summed E-state index contributed by atoms with van der Waals surface area (Å²) in [5.41, 5.74) is 1.18. The predicted molar refractivity (Wildman–Crippen MR) is 107 cm³/mol. The van der Waals surface area contributed by atoms with Crippen molar-refractivity contribution in [2.75, 3.05) is 10.6 Å². The molecule has 2 amide bonds. The summed E-state index contributed by atoms with van der Waals surface area (Å²) in [6.07, 6.45) is 0.725. The molecule has 2 aromatic heterocycles. The summed E-state index contributed by atoms with van der Waals surface area (Å²) in [5, 5.41) is 10.0. The van der Waals surface area contributed by atoms with Crippen LogP contribution in [-0.4, -0.2) is 32.4 Å². The smallest absolute Gasteiger partial charge is 0.412 e. The molecule has 0 radical (unpaired) electrons. The zero-order chi connectivity index (χ0) is 21.3. The number of aromatic nitrogens is 3. The van der Waals surface area contributed by atoms with Crippen molar-refractivity contribution in [3.8, 4) is 0 Å². The first kappa shape index (κ1) is 20.2. The van der Waals surface area contributed by atoms with Crippen molar-refractivity contribution < 1.29 is 18.7 Å². The number of halogens is 1. The molecule has 0 aliphatic rings. The molecular weight excluding hydrogens is 377 g/mol. The normalized spacial score (nSPS) is 11.4. The van der Waals surface area contributed by atoms with E-state index in [0.29, 0.717) is 5.65 Å². The van der Waals surface area contributed by atoms with Crippen molar-refractivity contribution in [1.82, 2.24) is 14.8 Å². The molecule has 0 aliphatic heterocycles. The van der Waals surface area contributed by atoms with Gasteiger partial charge < -0.3 is 10.1 Å². The Kier molecular flexibility index (Phi) is 5.23. The number of carbonyl (C=O) groups excluding carboxylic acids is 2. The van der Waals surface area contributed by atoms with E-state index in [4.69, 9.17) is 4.74 Å². The molecule has 0 unspecified atom stereocenters. The lowest BCUT2D eigenvalue weighted by molar-refractivity contribution is 0.0635. The number of rotatable bonds is 3. The number of anilines is 2. The predicted octanol–water partition coefficient (Wildman–Crippen LogP) is 4.02. The van der Waals surface area contributed by atoms with Crippen molar-refractivity contribution in [3.63, 3.8) is 0 Å². The van der Waals surface area contributed by atoms with E-state index in [-0.39, 0.29) is 16.9 Å². The Labute approximate surface area is 167 Å². The highest BCUT2D eigenvalue weighted by atomic mass is 19.1. The number of carbonyl (C=O) groups is 2. The summed E-state index contributed by atoms with van der Waals surface area (Å²) >= 11 is 0. The molecule has 1 aromatic carbocycles. The van der Waals surface area contributed by atoms with Gasteiger partial charge in [0.15, 0.2) is 5.65 Å². The van der Waals surface area contributed by atoms with Crippen LogP contribution in [0.4, 0.5) is 20.6 Å². The van der Waals surface area contributed by atoms with Crippen LogP contribution in [0.2, 0.25) is 0 Å². The molecular formula is C20H22FN5O3. The molecule has 2 heterocycles. The maximum absolute atomic E-state index is 14.2. The van der Waals surface area contributed by atoms with Crippen LogP contribution in [0.1, 0.15) is 36.8 Å². The number of ether oxygens (including phenoxy) is 1. The van der Waals surface area contributed by atoms with Gasteiger partial charge in [0.25, 0.3) is 5.91 Å². The number of aryl methyl sites for hydroxylation is 2. The molecule has 8 nitrogen and oxygen atoms in total. The van der Waals surface area contributed by atoms with Crippen molar-refractivity contribution in [3.05, 3.63) is 47.5 Å². The third-order valence-electron chi connectivity index (χ3n) is 3.99. The maximum atomic E-state index is 14.2. The van der Waals surface area contributed by atoms with Gasteiger partial charge in [-0.25, -0.2) is 14.2 Å². The van der Waals surface area contributed by atoms with Crippen LogP contribution >= 0.6 is 0 Å². The maximum Gasteiger partial charge on any atom is 0.412 e. The van der Waals surface area contributed by atoms with Gasteiger partial charge in [0.1, 0.15) is 11.4 Å². The minimum Gasteiger partial charge on any atom is -0.444 e. The van der Waals surface area contributed by atoms with Crippen LogP contribution < -0.4 is 10.6 Å². The summed E-state index contributed by atoms with van der Waals surface area (Å²) in [4.78, 5) is 28.7. The monoisotopic (exact) mass is 399 g/mol. The third-order valence-corrected chi connectivity index (χ3v) is 3.99. The Morgan fingerprint density at radius 1 is 1.17 bits per heavy atom. The van der Waals surface area contributed by atoms with Gasteiger partial charge in [-0.1, -0.05) is 0 Å². The summed E-state index contributed by atoms with van der Waals surface area (Å²) < 4.78 is 21.0. The van der Waals surface area contributed by atoms with E-state index in [0.717, 1.165) is 17.1 Å². The Hall–Kier alpha value is -3.49. The molecule has 9 heteroatoms. The third kappa shape index (κ3) is 4.68. The topological polar surface area (TPSA) is 98.1 Å². The van der Waals surface area contributed by atoms with Gasteiger partial charge in [-0.2, -0.15) is 5.10 Å². The second kappa shape index (κ2) is 7.50. The van der Waals surface area contributed by atoms with Crippen LogP contribution in [0.25, 0.3) is 11.0 Å². The van der Waals surface area contributed by atoms with E-state index >= 15 is 0 Å². The van der Waals surface area contributed by atoms with Crippen LogP contribution in [0.15, 0.2) is 30.5 Å². The molecule has 2 N–H and O–H groups in total. The lowest BCUT2D eigenvalue weighted by atomic mass is 10.2. The SMILES string of the molecule is Cc1nn(C)c2ncc(C(=O)Nc3cc(NC(=O)OC(C)(C)C)ccc3F)cc12. The van der Waals surface area contributed by atoms with Gasteiger partial charge in [0, 0.05) is 24.3 Å². The van der Waals surface area contributed by atoms with Gasteiger partial charge in [-0.3, -0.25) is 14.8 Å². The first-order chi connectivity index (χ1) is 13.5. The second-order valence-electron chi connectivity index (χ2n) is 7.58. The van der Waals surface area contributed by atoms with Crippen LogP contribution in [0.3, 0.4) is 0 Å². The van der Waals surface area contributed by atoms with E-state index < -0.39 is 23.4 Å². The van der Waals surface area contributed by atoms with E-state index in [1.807, 2.05) is 6.92 Å². The Bertz CT molecular complexity index is 1100. The fourth-order valence-electron chi connectivity index (χ4n) is 2.75. The van der Waals surface area contributed by atoms with Crippen LogP contribution in [0, 0.1) is 12.7 Å². The van der Waals surface area contributed by atoms with Gasteiger partial charge in [0.05, 0.1) is 16.9 Å². The molecule has 0 saturated carbocycles. The van der Waals surface area contributed by atoms with Crippen molar-refractivity contribution in [1.29, 1.82) is 0 Å². The molecule has 0 saturated heterocycles. The van der Waals surface area contributed by atoms with Crippen LogP contribution in [-0.2, 0) is 11.8 Å². The molecule has 0 bridgehead atoms. The number of hydrogen-bond donors (Lipinski definition) is 2. The fraction of sp³-hybridized carbons (Fsp3) is 0.300. The van der Waals surface area contributed by atoms with E-state index in [9.17, 15) is 14.0 Å². The second-order valence-corrected chi connectivity index (χ2v) is 7.58. The van der Waals surface area contributed by atoms with Crippen LogP contribution in [0.5, 0.6) is 0 Å². The molecule has 0 atom stereocenters. The highest BCUT2D eigenvalue weighted by molar-refractivity contribution is 6.06. The number of fused-ring (bicyclic) bond motifs is 1. The van der Waals surface area contributed by atoms with E-state index in [1.54, 1.807) is 38.6 Å². The number of pyridine rings is 1. The molecule has 0 spiro atoms. The Morgan fingerprint density at radius 2 is 1.90 bits per heavy atom. The Balaban J connectivity index is 1.79. The highest BCUT2D eigenvalue weighted by Crippen LogP contribution is 2.22. The first-order valence-electron chi connectivity index (χ1n) is 8.94. The Morgan fingerprint density at radius 3 is 2.59 bits per heavy atom. The molecule has 0 aliphatic carbocycles. The number of hydrogen-bond acceptors (Lipinski definition) is 5. The summed E-state index contributed by atoms with van der Waals surface area (Å²) in [6, 6.07) is 5.50. The zero-order valence-corrected chi connectivity index (χ0v) is 16.8. The number of nitrogens with zero attached hydrogens (tertiary/aromatic N) is 3. The standard InChI is InChI=1S/C20H22FN5O3/c1-11-14-8-12(10-22-17(14)26(5)25-11)18(27)24-16-9-13(6-7-15(16)21)23-19(28)29-20(2,3)4/h6-10H,1-5H3,(H,23,28)(H,24,27). The highest BCUT2D eigenvalue weighted by Gasteiger charge is 2.18. The van der Waals surface area contributed by atoms with Gasteiger partial charge in [-0.05, 0) is 52.0 Å². The quantitative estimate of drug-likeness (QED) is 0.693. The number of amides is 2. The van der Waals surface area contributed by atoms with Crippen molar-refractivity contribution in [2.45, 2.75) is 33.3 Å². The summed E-state index contributed by atoms with van der Waals surface area (Å²) in [5.74, 6) is -1.17. The minimum absolute atomic E-state index is 0.0773. The number of nitrogens with one attached hydrogen (secondary N) is 2. The summed E-state index contributed by atoms with van der Waals surface area (Å²) in [6.45, 7) is 7.02.